The van der Waals surface area contributed by atoms with Crippen molar-refractivity contribution in [2.24, 2.45) is 0 Å². The monoisotopic (exact) mass is 196 g/mol. The lowest BCUT2D eigenvalue weighted by Crippen LogP contribution is -2.17. The standard InChI is InChI=1S/C10H16N2S/c1-3-5-9(6-4-2)12-10-11-7-8-13-10/h3,7-9H,1,4-6H2,2H3,(H,11,12). The van der Waals surface area contributed by atoms with Crippen LogP contribution in [0, 0.1) is 0 Å². The Hall–Kier alpha value is -0.830. The number of rotatable bonds is 6. The lowest BCUT2D eigenvalue weighted by Gasteiger charge is -2.14. The molecule has 13 heavy (non-hydrogen) atoms. The van der Waals surface area contributed by atoms with E-state index < -0.39 is 0 Å². The second-order valence-electron chi connectivity index (χ2n) is 2.99. The van der Waals surface area contributed by atoms with Gasteiger partial charge in [0.1, 0.15) is 0 Å². The lowest BCUT2D eigenvalue weighted by molar-refractivity contribution is 0.647. The van der Waals surface area contributed by atoms with E-state index in [1.807, 2.05) is 17.7 Å². The maximum Gasteiger partial charge on any atom is 0.182 e. The highest BCUT2D eigenvalue weighted by molar-refractivity contribution is 7.13. The summed E-state index contributed by atoms with van der Waals surface area (Å²) in [5.41, 5.74) is 0. The summed E-state index contributed by atoms with van der Waals surface area (Å²) in [7, 11) is 0. The number of hydrogen-bond acceptors (Lipinski definition) is 3. The zero-order chi connectivity index (χ0) is 9.52. The summed E-state index contributed by atoms with van der Waals surface area (Å²) in [6, 6.07) is 0.494. The predicted molar refractivity (Wildman–Crippen MR) is 59.2 cm³/mol. The summed E-state index contributed by atoms with van der Waals surface area (Å²) in [4.78, 5) is 4.19. The average molecular weight is 196 g/mol. The van der Waals surface area contributed by atoms with E-state index in [2.05, 4.69) is 23.8 Å². The van der Waals surface area contributed by atoms with Crippen LogP contribution in [-0.2, 0) is 0 Å². The fourth-order valence-electron chi connectivity index (χ4n) is 1.27. The van der Waals surface area contributed by atoms with Gasteiger partial charge in [-0.1, -0.05) is 19.4 Å². The van der Waals surface area contributed by atoms with Gasteiger partial charge in [0.15, 0.2) is 5.13 Å². The molecule has 0 fully saturated rings. The summed E-state index contributed by atoms with van der Waals surface area (Å²) in [6.07, 6.45) is 7.15. The molecule has 72 valence electrons. The first kappa shape index (κ1) is 10.3. The van der Waals surface area contributed by atoms with Crippen molar-refractivity contribution in [3.05, 3.63) is 24.2 Å². The van der Waals surface area contributed by atoms with Gasteiger partial charge in [-0.25, -0.2) is 4.98 Å². The molecule has 1 N–H and O–H groups in total. The minimum Gasteiger partial charge on any atom is -0.358 e. The molecular weight excluding hydrogens is 180 g/mol. The van der Waals surface area contributed by atoms with E-state index in [0.717, 1.165) is 11.6 Å². The number of anilines is 1. The van der Waals surface area contributed by atoms with Crippen molar-refractivity contribution in [1.29, 1.82) is 0 Å². The van der Waals surface area contributed by atoms with Gasteiger partial charge in [-0.15, -0.1) is 17.9 Å². The molecule has 0 saturated carbocycles. The summed E-state index contributed by atoms with van der Waals surface area (Å²) in [5.74, 6) is 0. The molecule has 0 aromatic carbocycles. The Bertz CT molecular complexity index is 231. The van der Waals surface area contributed by atoms with E-state index in [1.165, 1.54) is 12.8 Å². The molecule has 0 spiro atoms. The van der Waals surface area contributed by atoms with Crippen LogP contribution >= 0.6 is 11.3 Å². The SMILES string of the molecule is C=CCC(CCC)Nc1nccs1. The Labute approximate surface area is 83.7 Å². The minimum atomic E-state index is 0.494. The molecule has 1 atom stereocenters. The molecule has 0 radical (unpaired) electrons. The first-order valence-electron chi connectivity index (χ1n) is 4.63. The Balaban J connectivity index is 2.42. The van der Waals surface area contributed by atoms with Gasteiger partial charge in [0.2, 0.25) is 0 Å². The van der Waals surface area contributed by atoms with Crippen LogP contribution in [-0.4, -0.2) is 11.0 Å². The number of nitrogens with one attached hydrogen (secondary N) is 1. The lowest BCUT2D eigenvalue weighted by atomic mass is 10.1. The molecule has 1 rings (SSSR count). The summed E-state index contributed by atoms with van der Waals surface area (Å²) >= 11 is 1.65. The van der Waals surface area contributed by atoms with Crippen molar-refractivity contribution in [3.63, 3.8) is 0 Å². The molecule has 0 bridgehead atoms. The largest absolute Gasteiger partial charge is 0.358 e. The number of aromatic nitrogens is 1. The van der Waals surface area contributed by atoms with Gasteiger partial charge in [-0.2, -0.15) is 0 Å². The first-order valence-corrected chi connectivity index (χ1v) is 5.51. The molecule has 1 unspecified atom stereocenters. The number of nitrogens with zero attached hydrogens (tertiary/aromatic N) is 1. The van der Waals surface area contributed by atoms with E-state index in [0.29, 0.717) is 6.04 Å². The Morgan fingerprint density at radius 1 is 1.77 bits per heavy atom. The van der Waals surface area contributed by atoms with Gasteiger partial charge < -0.3 is 5.32 Å². The molecule has 0 aliphatic carbocycles. The van der Waals surface area contributed by atoms with Crippen molar-refractivity contribution in [2.45, 2.75) is 32.2 Å². The van der Waals surface area contributed by atoms with E-state index in [-0.39, 0.29) is 0 Å². The summed E-state index contributed by atoms with van der Waals surface area (Å²) in [5, 5.41) is 6.40. The van der Waals surface area contributed by atoms with Gasteiger partial charge in [-0.05, 0) is 12.8 Å². The molecule has 2 nitrogen and oxygen atoms in total. The molecule has 3 heteroatoms. The third-order valence-electron chi connectivity index (χ3n) is 1.85. The molecule has 1 aromatic heterocycles. The second-order valence-corrected chi connectivity index (χ2v) is 3.89. The quantitative estimate of drug-likeness (QED) is 0.706. The van der Waals surface area contributed by atoms with Gasteiger partial charge in [0, 0.05) is 17.6 Å². The maximum absolute atomic E-state index is 4.19. The zero-order valence-electron chi connectivity index (χ0n) is 7.99. The highest BCUT2D eigenvalue weighted by Crippen LogP contribution is 2.15. The van der Waals surface area contributed by atoms with Crippen LogP contribution < -0.4 is 5.32 Å². The van der Waals surface area contributed by atoms with Crippen LogP contribution in [0.1, 0.15) is 26.2 Å². The fraction of sp³-hybridized carbons (Fsp3) is 0.500. The highest BCUT2D eigenvalue weighted by atomic mass is 32.1. The molecule has 0 aliphatic heterocycles. The molecular formula is C10H16N2S. The van der Waals surface area contributed by atoms with Crippen molar-refractivity contribution >= 4 is 16.5 Å². The zero-order valence-corrected chi connectivity index (χ0v) is 8.81. The first-order chi connectivity index (χ1) is 6.36. The Morgan fingerprint density at radius 2 is 2.62 bits per heavy atom. The Morgan fingerprint density at radius 3 is 3.15 bits per heavy atom. The maximum atomic E-state index is 4.19. The van der Waals surface area contributed by atoms with Crippen LogP contribution in [0.15, 0.2) is 24.2 Å². The highest BCUT2D eigenvalue weighted by Gasteiger charge is 2.05. The molecule has 1 aromatic rings. The van der Waals surface area contributed by atoms with Crippen LogP contribution in [0.3, 0.4) is 0 Å². The van der Waals surface area contributed by atoms with Crippen LogP contribution in [0.5, 0.6) is 0 Å². The normalized spacial score (nSPS) is 12.4. The Kier molecular flexibility index (Phi) is 4.54. The van der Waals surface area contributed by atoms with E-state index >= 15 is 0 Å². The number of hydrogen-bond donors (Lipinski definition) is 1. The summed E-state index contributed by atoms with van der Waals surface area (Å²) in [6.45, 7) is 5.95. The summed E-state index contributed by atoms with van der Waals surface area (Å²) < 4.78 is 0. The number of thiazole rings is 1. The van der Waals surface area contributed by atoms with Crippen LogP contribution in [0.25, 0.3) is 0 Å². The van der Waals surface area contributed by atoms with Crippen molar-refractivity contribution in [1.82, 2.24) is 4.98 Å². The van der Waals surface area contributed by atoms with Crippen LogP contribution in [0.2, 0.25) is 0 Å². The predicted octanol–water partition coefficient (Wildman–Crippen LogP) is 3.30. The molecule has 1 heterocycles. The molecule has 0 aliphatic rings. The van der Waals surface area contributed by atoms with Gasteiger partial charge >= 0.3 is 0 Å². The fourth-order valence-corrected chi connectivity index (χ4v) is 1.87. The van der Waals surface area contributed by atoms with E-state index in [1.54, 1.807) is 11.3 Å². The van der Waals surface area contributed by atoms with Crippen molar-refractivity contribution in [3.8, 4) is 0 Å². The van der Waals surface area contributed by atoms with E-state index in [9.17, 15) is 0 Å². The average Bonchev–Trinajstić information content (AvgIpc) is 2.58. The minimum absolute atomic E-state index is 0.494. The van der Waals surface area contributed by atoms with Gasteiger partial charge in [0.05, 0.1) is 0 Å². The molecule has 0 amide bonds. The van der Waals surface area contributed by atoms with Crippen LogP contribution in [0.4, 0.5) is 5.13 Å². The van der Waals surface area contributed by atoms with Crippen molar-refractivity contribution in [2.75, 3.05) is 5.32 Å². The van der Waals surface area contributed by atoms with Gasteiger partial charge in [0.25, 0.3) is 0 Å². The smallest absolute Gasteiger partial charge is 0.182 e. The third kappa shape index (κ3) is 3.59. The van der Waals surface area contributed by atoms with Crippen molar-refractivity contribution < 1.29 is 0 Å². The second kappa shape index (κ2) is 5.75. The molecule has 0 saturated heterocycles. The third-order valence-corrected chi connectivity index (χ3v) is 2.55. The topological polar surface area (TPSA) is 24.9 Å². The van der Waals surface area contributed by atoms with E-state index in [4.69, 9.17) is 0 Å². The van der Waals surface area contributed by atoms with Gasteiger partial charge in [-0.3, -0.25) is 0 Å².